The maximum absolute atomic E-state index is 4.85. The number of hydrogen-bond donors (Lipinski definition) is 1. The zero-order valence-corrected chi connectivity index (χ0v) is 14.9. The topological polar surface area (TPSA) is 41.0 Å². The number of nitrogens with zero attached hydrogens (tertiary/aromatic N) is 3. The van der Waals surface area contributed by atoms with Crippen LogP contribution < -0.4 is 10.2 Å². The molecule has 21 heavy (non-hydrogen) atoms. The van der Waals surface area contributed by atoms with Gasteiger partial charge in [-0.25, -0.2) is 9.97 Å². The van der Waals surface area contributed by atoms with Crippen LogP contribution in [0.4, 0.5) is 5.13 Å². The van der Waals surface area contributed by atoms with Gasteiger partial charge in [0.2, 0.25) is 0 Å². The number of rotatable bonds is 8. The Labute approximate surface area is 135 Å². The minimum absolute atomic E-state index is 0.459. The van der Waals surface area contributed by atoms with Gasteiger partial charge in [0.15, 0.2) is 5.13 Å². The second-order valence-corrected chi connectivity index (χ2v) is 7.25. The third kappa shape index (κ3) is 4.49. The summed E-state index contributed by atoms with van der Waals surface area (Å²) < 4.78 is 0. The van der Waals surface area contributed by atoms with Crippen LogP contribution in [-0.4, -0.2) is 23.6 Å². The van der Waals surface area contributed by atoms with Gasteiger partial charge in [0, 0.05) is 23.8 Å². The van der Waals surface area contributed by atoms with Gasteiger partial charge in [-0.2, -0.15) is 0 Å². The van der Waals surface area contributed by atoms with Crippen molar-refractivity contribution in [3.05, 3.63) is 27.2 Å². The molecule has 0 aliphatic rings. The number of anilines is 1. The molecule has 0 radical (unpaired) electrons. The van der Waals surface area contributed by atoms with E-state index in [1.54, 1.807) is 22.7 Å². The molecule has 2 aromatic heterocycles. The van der Waals surface area contributed by atoms with Crippen LogP contribution in [0.2, 0.25) is 0 Å². The van der Waals surface area contributed by atoms with E-state index in [0.717, 1.165) is 36.9 Å². The van der Waals surface area contributed by atoms with E-state index in [9.17, 15) is 0 Å². The summed E-state index contributed by atoms with van der Waals surface area (Å²) in [4.78, 5) is 12.7. The molecule has 0 aromatic carbocycles. The van der Waals surface area contributed by atoms with Crippen LogP contribution in [0.15, 0.2) is 10.9 Å². The van der Waals surface area contributed by atoms with Crippen molar-refractivity contribution in [2.24, 2.45) is 0 Å². The smallest absolute Gasteiger partial charge is 0.185 e. The monoisotopic (exact) mass is 324 g/mol. The van der Waals surface area contributed by atoms with E-state index in [-0.39, 0.29) is 0 Å². The Kier molecular flexibility index (Phi) is 6.14. The quantitative estimate of drug-likeness (QED) is 0.749. The molecule has 0 fully saturated rings. The first-order valence-electron chi connectivity index (χ1n) is 7.40. The van der Waals surface area contributed by atoms with Crippen molar-refractivity contribution >= 4 is 27.8 Å². The fourth-order valence-electron chi connectivity index (χ4n) is 2.10. The highest BCUT2D eigenvalue weighted by Crippen LogP contribution is 2.30. The predicted octanol–water partition coefficient (Wildman–Crippen LogP) is 3.86. The van der Waals surface area contributed by atoms with Crippen LogP contribution in [0.1, 0.15) is 49.4 Å². The molecule has 2 rings (SSSR count). The SMILES string of the molecule is CCCNCc1sc(N(C)Cc2cscn2)nc1C(C)C. The zero-order chi connectivity index (χ0) is 15.2. The van der Waals surface area contributed by atoms with Gasteiger partial charge < -0.3 is 10.2 Å². The Bertz CT molecular complexity index is 534. The Morgan fingerprint density at radius 2 is 2.19 bits per heavy atom. The summed E-state index contributed by atoms with van der Waals surface area (Å²) in [5.41, 5.74) is 4.21. The van der Waals surface area contributed by atoms with Crippen LogP contribution in [0.3, 0.4) is 0 Å². The van der Waals surface area contributed by atoms with Crippen molar-refractivity contribution in [2.45, 2.75) is 46.2 Å². The lowest BCUT2D eigenvalue weighted by atomic mass is 10.1. The van der Waals surface area contributed by atoms with Crippen LogP contribution in [-0.2, 0) is 13.1 Å². The van der Waals surface area contributed by atoms with E-state index in [1.807, 2.05) is 5.51 Å². The van der Waals surface area contributed by atoms with Gasteiger partial charge in [-0.1, -0.05) is 20.8 Å². The van der Waals surface area contributed by atoms with Gasteiger partial charge in [0.05, 0.1) is 23.4 Å². The van der Waals surface area contributed by atoms with E-state index in [0.29, 0.717) is 5.92 Å². The molecule has 0 amide bonds. The summed E-state index contributed by atoms with van der Waals surface area (Å²) in [7, 11) is 2.09. The summed E-state index contributed by atoms with van der Waals surface area (Å²) in [6, 6.07) is 0. The molecule has 6 heteroatoms. The fraction of sp³-hybridized carbons (Fsp3) is 0.600. The lowest BCUT2D eigenvalue weighted by molar-refractivity contribution is 0.670. The van der Waals surface area contributed by atoms with Crippen molar-refractivity contribution < 1.29 is 0 Å². The molecule has 0 atom stereocenters. The first kappa shape index (κ1) is 16.4. The first-order valence-corrected chi connectivity index (χ1v) is 9.16. The molecule has 0 bridgehead atoms. The Morgan fingerprint density at radius 1 is 1.38 bits per heavy atom. The van der Waals surface area contributed by atoms with Crippen molar-refractivity contribution in [2.75, 3.05) is 18.5 Å². The van der Waals surface area contributed by atoms with Crippen molar-refractivity contribution in [3.8, 4) is 0 Å². The molecule has 0 aliphatic carbocycles. The molecule has 0 saturated heterocycles. The van der Waals surface area contributed by atoms with Gasteiger partial charge in [-0.3, -0.25) is 0 Å². The molecule has 0 spiro atoms. The molecule has 4 nitrogen and oxygen atoms in total. The summed E-state index contributed by atoms with van der Waals surface area (Å²) in [6.07, 6.45) is 1.16. The van der Waals surface area contributed by atoms with Crippen LogP contribution >= 0.6 is 22.7 Å². The Hall–Kier alpha value is -0.980. The van der Waals surface area contributed by atoms with Gasteiger partial charge in [0.1, 0.15) is 0 Å². The largest absolute Gasteiger partial charge is 0.345 e. The van der Waals surface area contributed by atoms with Gasteiger partial charge in [0.25, 0.3) is 0 Å². The molecular formula is C15H24N4S2. The van der Waals surface area contributed by atoms with Crippen molar-refractivity contribution in [1.29, 1.82) is 0 Å². The highest BCUT2D eigenvalue weighted by Gasteiger charge is 2.16. The second-order valence-electron chi connectivity index (χ2n) is 5.47. The van der Waals surface area contributed by atoms with Crippen LogP contribution in [0, 0.1) is 0 Å². The second kappa shape index (κ2) is 7.87. The highest BCUT2D eigenvalue weighted by atomic mass is 32.1. The molecular weight excluding hydrogens is 300 g/mol. The molecule has 1 N–H and O–H groups in total. The first-order chi connectivity index (χ1) is 10.1. The summed E-state index contributed by atoms with van der Waals surface area (Å²) >= 11 is 3.43. The van der Waals surface area contributed by atoms with Crippen molar-refractivity contribution in [1.82, 2.24) is 15.3 Å². The third-order valence-corrected chi connectivity index (χ3v) is 5.01. The number of thiazole rings is 2. The minimum atomic E-state index is 0.459. The lowest BCUT2D eigenvalue weighted by Crippen LogP contribution is -2.16. The van der Waals surface area contributed by atoms with Gasteiger partial charge >= 0.3 is 0 Å². The third-order valence-electron chi connectivity index (χ3n) is 3.18. The maximum atomic E-state index is 4.85. The standard InChI is InChI=1S/C15H24N4S2/c1-5-6-16-7-13-14(11(2)3)18-15(21-13)19(4)8-12-9-20-10-17-12/h9-11,16H,5-8H2,1-4H3. The summed E-state index contributed by atoms with van der Waals surface area (Å²) in [5, 5.41) is 6.66. The van der Waals surface area contributed by atoms with E-state index in [4.69, 9.17) is 4.98 Å². The highest BCUT2D eigenvalue weighted by molar-refractivity contribution is 7.15. The molecule has 2 aromatic rings. The predicted molar refractivity (Wildman–Crippen MR) is 92.4 cm³/mol. The van der Waals surface area contributed by atoms with E-state index < -0.39 is 0 Å². The average molecular weight is 325 g/mol. The Morgan fingerprint density at radius 3 is 2.81 bits per heavy atom. The molecule has 0 aliphatic heterocycles. The molecule has 2 heterocycles. The fourth-order valence-corrected chi connectivity index (χ4v) is 3.79. The normalized spacial score (nSPS) is 11.3. The molecule has 0 saturated carbocycles. The van der Waals surface area contributed by atoms with Gasteiger partial charge in [-0.05, 0) is 18.9 Å². The summed E-state index contributed by atoms with van der Waals surface area (Å²) in [6.45, 7) is 9.40. The average Bonchev–Trinajstić information content (AvgIpc) is 3.08. The minimum Gasteiger partial charge on any atom is -0.345 e. The summed E-state index contributed by atoms with van der Waals surface area (Å²) in [5.74, 6) is 0.459. The van der Waals surface area contributed by atoms with E-state index in [1.165, 1.54) is 10.6 Å². The lowest BCUT2D eigenvalue weighted by Gasteiger charge is -2.13. The molecule has 116 valence electrons. The number of nitrogens with one attached hydrogen (secondary N) is 1. The van der Waals surface area contributed by atoms with E-state index in [2.05, 4.69) is 48.4 Å². The van der Waals surface area contributed by atoms with Gasteiger partial charge in [-0.15, -0.1) is 22.7 Å². The molecule has 0 unspecified atom stereocenters. The Balaban J connectivity index is 2.10. The zero-order valence-electron chi connectivity index (χ0n) is 13.2. The van der Waals surface area contributed by atoms with Crippen LogP contribution in [0.5, 0.6) is 0 Å². The number of hydrogen-bond acceptors (Lipinski definition) is 6. The van der Waals surface area contributed by atoms with E-state index >= 15 is 0 Å². The maximum Gasteiger partial charge on any atom is 0.185 e. The van der Waals surface area contributed by atoms with Crippen LogP contribution in [0.25, 0.3) is 0 Å². The van der Waals surface area contributed by atoms with Crippen molar-refractivity contribution in [3.63, 3.8) is 0 Å². The number of aromatic nitrogens is 2.